The van der Waals surface area contributed by atoms with Crippen molar-refractivity contribution in [1.29, 1.82) is 0 Å². The molecule has 0 fully saturated rings. The molecule has 0 aliphatic carbocycles. The number of halogens is 2. The number of hydrogen-bond acceptors (Lipinski definition) is 5. The molecule has 0 saturated carbocycles. The first kappa shape index (κ1) is 21.5. The molecule has 0 aromatic heterocycles. The van der Waals surface area contributed by atoms with Crippen molar-refractivity contribution >= 4 is 64.1 Å². The molecular weight excluding hydrogens is 435 g/mol. The molecule has 2 aromatic rings. The molecule has 0 saturated heterocycles. The smallest absolute Gasteiger partial charge is 0.307 e. The molecule has 0 spiro atoms. The Morgan fingerprint density at radius 1 is 1.21 bits per heavy atom. The Hall–Kier alpha value is -2.22. The molecule has 1 aliphatic heterocycles. The van der Waals surface area contributed by atoms with Crippen molar-refractivity contribution in [3.05, 3.63) is 51.5 Å². The van der Waals surface area contributed by atoms with Crippen LogP contribution >= 0.6 is 35.0 Å². The first-order valence-corrected chi connectivity index (χ1v) is 10.4. The molecule has 1 aliphatic rings. The molecule has 1 heterocycles. The minimum Gasteiger partial charge on any atom is -0.456 e. The SMILES string of the molecule is Cc1cc(C)c(NC(=O)COC(=O)CC2Sc3ccc(Cl)cc3NC2=O)c(Cl)c1. The summed E-state index contributed by atoms with van der Waals surface area (Å²) in [4.78, 5) is 37.3. The number of fused-ring (bicyclic) bond motifs is 1. The molecule has 2 aromatic carbocycles. The second kappa shape index (κ2) is 9.07. The molecule has 152 valence electrons. The zero-order chi connectivity index (χ0) is 21.1. The van der Waals surface area contributed by atoms with E-state index in [4.69, 9.17) is 27.9 Å². The third kappa shape index (κ3) is 5.44. The lowest BCUT2D eigenvalue weighted by Gasteiger charge is -2.23. The van der Waals surface area contributed by atoms with Gasteiger partial charge in [-0.1, -0.05) is 29.3 Å². The fraction of sp³-hybridized carbons (Fsp3) is 0.250. The van der Waals surface area contributed by atoms with E-state index in [1.54, 1.807) is 24.3 Å². The van der Waals surface area contributed by atoms with Crippen molar-refractivity contribution in [3.8, 4) is 0 Å². The third-order valence-electron chi connectivity index (χ3n) is 4.17. The van der Waals surface area contributed by atoms with Crippen LogP contribution in [0.4, 0.5) is 11.4 Å². The molecule has 3 rings (SSSR count). The number of aryl methyl sites for hydroxylation is 2. The molecule has 2 amide bonds. The van der Waals surface area contributed by atoms with E-state index in [0.29, 0.717) is 21.4 Å². The fourth-order valence-electron chi connectivity index (χ4n) is 2.86. The van der Waals surface area contributed by atoms with Gasteiger partial charge in [-0.05, 0) is 49.2 Å². The highest BCUT2D eigenvalue weighted by Gasteiger charge is 2.30. The Labute approximate surface area is 182 Å². The highest BCUT2D eigenvalue weighted by Crippen LogP contribution is 2.38. The molecule has 1 atom stereocenters. The zero-order valence-corrected chi connectivity index (χ0v) is 18.0. The van der Waals surface area contributed by atoms with Gasteiger partial charge in [-0.25, -0.2) is 0 Å². The monoisotopic (exact) mass is 452 g/mol. The number of carbonyl (C=O) groups is 3. The largest absolute Gasteiger partial charge is 0.456 e. The van der Waals surface area contributed by atoms with Crippen LogP contribution in [0.1, 0.15) is 17.5 Å². The van der Waals surface area contributed by atoms with Gasteiger partial charge in [0.15, 0.2) is 6.61 Å². The van der Waals surface area contributed by atoms with Gasteiger partial charge in [0.05, 0.1) is 28.1 Å². The predicted octanol–water partition coefficient (Wildman–Crippen LogP) is 4.60. The van der Waals surface area contributed by atoms with Crippen LogP contribution in [0.15, 0.2) is 35.2 Å². The first-order valence-electron chi connectivity index (χ1n) is 8.72. The predicted molar refractivity (Wildman–Crippen MR) is 115 cm³/mol. The van der Waals surface area contributed by atoms with Crippen molar-refractivity contribution in [3.63, 3.8) is 0 Å². The van der Waals surface area contributed by atoms with E-state index < -0.39 is 23.7 Å². The van der Waals surface area contributed by atoms with Gasteiger partial charge < -0.3 is 15.4 Å². The summed E-state index contributed by atoms with van der Waals surface area (Å²) in [7, 11) is 0. The van der Waals surface area contributed by atoms with Crippen LogP contribution in [0.2, 0.25) is 10.0 Å². The van der Waals surface area contributed by atoms with Crippen LogP contribution in [0.25, 0.3) is 0 Å². The zero-order valence-electron chi connectivity index (χ0n) is 15.7. The lowest BCUT2D eigenvalue weighted by atomic mass is 10.1. The molecular formula is C20H18Cl2N2O4S. The lowest BCUT2D eigenvalue weighted by Crippen LogP contribution is -2.32. The van der Waals surface area contributed by atoms with Gasteiger partial charge in [0, 0.05) is 9.92 Å². The van der Waals surface area contributed by atoms with E-state index in [1.807, 2.05) is 19.9 Å². The van der Waals surface area contributed by atoms with Gasteiger partial charge in [-0.2, -0.15) is 0 Å². The summed E-state index contributed by atoms with van der Waals surface area (Å²) < 4.78 is 5.03. The van der Waals surface area contributed by atoms with Gasteiger partial charge >= 0.3 is 5.97 Å². The maximum Gasteiger partial charge on any atom is 0.307 e. The highest BCUT2D eigenvalue weighted by molar-refractivity contribution is 8.01. The summed E-state index contributed by atoms with van der Waals surface area (Å²) in [5.41, 5.74) is 2.88. The van der Waals surface area contributed by atoms with Crippen LogP contribution in [0, 0.1) is 13.8 Å². The number of anilines is 2. The van der Waals surface area contributed by atoms with Crippen molar-refractivity contribution in [2.24, 2.45) is 0 Å². The molecule has 0 radical (unpaired) electrons. The number of rotatable bonds is 5. The van der Waals surface area contributed by atoms with Crippen LogP contribution in [-0.2, 0) is 19.1 Å². The Bertz CT molecular complexity index is 973. The number of hydrogen-bond donors (Lipinski definition) is 2. The number of esters is 1. The average Bonchev–Trinajstić information content (AvgIpc) is 2.64. The van der Waals surface area contributed by atoms with Crippen molar-refractivity contribution in [2.75, 3.05) is 17.2 Å². The molecule has 1 unspecified atom stereocenters. The first-order chi connectivity index (χ1) is 13.7. The Balaban J connectivity index is 1.53. The minimum absolute atomic E-state index is 0.157. The second-order valence-corrected chi connectivity index (χ2v) is 8.68. The number of benzene rings is 2. The van der Waals surface area contributed by atoms with Crippen LogP contribution in [0.3, 0.4) is 0 Å². The number of amides is 2. The number of nitrogens with one attached hydrogen (secondary N) is 2. The Morgan fingerprint density at radius 2 is 1.97 bits per heavy atom. The maximum absolute atomic E-state index is 12.2. The van der Waals surface area contributed by atoms with E-state index in [2.05, 4.69) is 10.6 Å². The summed E-state index contributed by atoms with van der Waals surface area (Å²) in [5.74, 6) is -1.46. The van der Waals surface area contributed by atoms with Gasteiger partial charge in [0.25, 0.3) is 5.91 Å². The van der Waals surface area contributed by atoms with Gasteiger partial charge in [-0.3, -0.25) is 14.4 Å². The third-order valence-corrected chi connectivity index (χ3v) is 5.98. The molecule has 6 nitrogen and oxygen atoms in total. The number of ether oxygens (including phenoxy) is 1. The summed E-state index contributed by atoms with van der Waals surface area (Å²) in [6.07, 6.45) is -0.157. The Kier molecular flexibility index (Phi) is 6.72. The standard InChI is InChI=1S/C20H18Cl2N2O4S/c1-10-5-11(2)19(13(22)6-10)24-17(25)9-28-18(26)8-16-20(27)23-14-7-12(21)3-4-15(14)29-16/h3-7,16H,8-9H2,1-2H3,(H,23,27)(H,24,25). The average molecular weight is 453 g/mol. The van der Waals surface area contributed by atoms with E-state index in [-0.39, 0.29) is 12.3 Å². The van der Waals surface area contributed by atoms with E-state index in [1.165, 1.54) is 11.8 Å². The van der Waals surface area contributed by atoms with E-state index in [9.17, 15) is 14.4 Å². The van der Waals surface area contributed by atoms with Gasteiger partial charge in [0.1, 0.15) is 0 Å². The molecule has 0 bridgehead atoms. The van der Waals surface area contributed by atoms with Gasteiger partial charge in [-0.15, -0.1) is 11.8 Å². The molecule has 9 heteroatoms. The molecule has 2 N–H and O–H groups in total. The van der Waals surface area contributed by atoms with E-state index >= 15 is 0 Å². The topological polar surface area (TPSA) is 84.5 Å². The van der Waals surface area contributed by atoms with E-state index in [0.717, 1.165) is 16.0 Å². The van der Waals surface area contributed by atoms with Crippen molar-refractivity contribution in [1.82, 2.24) is 0 Å². The summed E-state index contributed by atoms with van der Waals surface area (Å²) in [6, 6.07) is 8.76. The summed E-state index contributed by atoms with van der Waals surface area (Å²) in [5, 5.41) is 5.65. The number of thioether (sulfide) groups is 1. The number of carbonyl (C=O) groups excluding carboxylic acids is 3. The van der Waals surface area contributed by atoms with Crippen molar-refractivity contribution in [2.45, 2.75) is 30.4 Å². The second-order valence-electron chi connectivity index (χ2n) is 6.59. The summed E-state index contributed by atoms with van der Waals surface area (Å²) >= 11 is 13.3. The van der Waals surface area contributed by atoms with Crippen molar-refractivity contribution < 1.29 is 19.1 Å². The lowest BCUT2D eigenvalue weighted by molar-refractivity contribution is -0.147. The normalized spacial score (nSPS) is 15.3. The van der Waals surface area contributed by atoms with Crippen LogP contribution < -0.4 is 10.6 Å². The summed E-state index contributed by atoms with van der Waals surface area (Å²) in [6.45, 7) is 3.26. The fourth-order valence-corrected chi connectivity index (χ4v) is 4.48. The van der Waals surface area contributed by atoms with Gasteiger partial charge in [0.2, 0.25) is 5.91 Å². The van der Waals surface area contributed by atoms with Crippen LogP contribution in [0.5, 0.6) is 0 Å². The highest BCUT2D eigenvalue weighted by atomic mass is 35.5. The molecule has 29 heavy (non-hydrogen) atoms. The quantitative estimate of drug-likeness (QED) is 0.647. The maximum atomic E-state index is 12.2. The van der Waals surface area contributed by atoms with Crippen LogP contribution in [-0.4, -0.2) is 29.6 Å². The minimum atomic E-state index is -0.645. The Morgan fingerprint density at radius 3 is 2.69 bits per heavy atom.